The van der Waals surface area contributed by atoms with Crippen molar-refractivity contribution in [3.63, 3.8) is 0 Å². The van der Waals surface area contributed by atoms with Crippen LogP contribution in [0.5, 0.6) is 5.75 Å². The average molecular weight is 517 g/mol. The molecular weight excluding hydrogens is 484 g/mol. The summed E-state index contributed by atoms with van der Waals surface area (Å²) in [6.45, 7) is 6.67. The van der Waals surface area contributed by atoms with Gasteiger partial charge in [0.2, 0.25) is 0 Å². The van der Waals surface area contributed by atoms with Crippen LogP contribution in [0.3, 0.4) is 0 Å². The van der Waals surface area contributed by atoms with Crippen molar-refractivity contribution in [2.45, 2.75) is 20.0 Å². The van der Waals surface area contributed by atoms with Crippen LogP contribution in [0.25, 0.3) is 21.6 Å². The van der Waals surface area contributed by atoms with Crippen molar-refractivity contribution in [3.05, 3.63) is 70.1 Å². The van der Waals surface area contributed by atoms with E-state index in [-0.39, 0.29) is 0 Å². The van der Waals surface area contributed by atoms with Gasteiger partial charge in [0, 0.05) is 42.2 Å². The van der Waals surface area contributed by atoms with Gasteiger partial charge < -0.3 is 20.2 Å². The maximum Gasteiger partial charge on any atom is 0.162 e. The van der Waals surface area contributed by atoms with Gasteiger partial charge in [-0.15, -0.1) is 11.3 Å². The van der Waals surface area contributed by atoms with Crippen LogP contribution in [0.1, 0.15) is 21.6 Å². The number of hydrogen-bond acceptors (Lipinski definition) is 9. The van der Waals surface area contributed by atoms with E-state index >= 15 is 0 Å². The first kappa shape index (κ1) is 25.1. The number of hydrogen-bond donors (Lipinski definition) is 1. The van der Waals surface area contributed by atoms with Crippen molar-refractivity contribution < 1.29 is 9.47 Å². The third kappa shape index (κ3) is 5.58. The minimum absolute atomic E-state index is 0.682. The SMILES string of the molecule is COc1cccc(CN(C)Cc2cc3nc(-c4cccc(C)c4/C=N\N)nc(N4CCOCC4)c3s2)c1. The Morgan fingerprint density at radius 3 is 2.73 bits per heavy atom. The van der Waals surface area contributed by atoms with Crippen LogP contribution in [0.15, 0.2) is 53.6 Å². The normalized spacial score (nSPS) is 14.2. The second kappa shape index (κ2) is 11.2. The highest BCUT2D eigenvalue weighted by atomic mass is 32.1. The minimum Gasteiger partial charge on any atom is -0.497 e. The van der Waals surface area contributed by atoms with E-state index in [1.54, 1.807) is 24.7 Å². The van der Waals surface area contributed by atoms with E-state index in [0.717, 1.165) is 64.7 Å². The molecule has 0 spiro atoms. The standard InChI is InChI=1S/C28H32N6O2S/c1-19-6-4-9-23(24(19)16-30-29)27-31-25-15-22(18-33(2)17-20-7-5-8-21(14-20)35-3)37-26(25)28(32-27)34-10-12-36-13-11-34/h4-9,14-16H,10-13,17-18,29H2,1-3H3/b30-16-. The molecule has 192 valence electrons. The molecule has 2 aromatic carbocycles. The number of methoxy groups -OCH3 is 1. The Morgan fingerprint density at radius 2 is 1.95 bits per heavy atom. The molecule has 0 aliphatic carbocycles. The third-order valence-electron chi connectivity index (χ3n) is 6.50. The van der Waals surface area contributed by atoms with Crippen LogP contribution in [0.4, 0.5) is 5.82 Å². The summed E-state index contributed by atoms with van der Waals surface area (Å²) in [5, 5.41) is 3.79. The average Bonchev–Trinajstić information content (AvgIpc) is 3.32. The highest BCUT2D eigenvalue weighted by Crippen LogP contribution is 2.36. The van der Waals surface area contributed by atoms with E-state index in [2.05, 4.69) is 40.1 Å². The third-order valence-corrected chi connectivity index (χ3v) is 7.60. The Balaban J connectivity index is 1.51. The van der Waals surface area contributed by atoms with Crippen molar-refractivity contribution in [2.24, 2.45) is 10.9 Å². The zero-order chi connectivity index (χ0) is 25.8. The van der Waals surface area contributed by atoms with Crippen molar-refractivity contribution in [3.8, 4) is 17.1 Å². The molecule has 5 rings (SSSR count). The molecule has 0 unspecified atom stereocenters. The zero-order valence-corrected chi connectivity index (χ0v) is 22.3. The molecule has 4 aromatic rings. The van der Waals surface area contributed by atoms with Crippen LogP contribution in [0, 0.1) is 6.92 Å². The van der Waals surface area contributed by atoms with Gasteiger partial charge in [-0.2, -0.15) is 5.10 Å². The fourth-order valence-corrected chi connectivity index (χ4v) is 5.87. The lowest BCUT2D eigenvalue weighted by atomic mass is 10.0. The first-order valence-electron chi connectivity index (χ1n) is 12.3. The Bertz CT molecular complexity index is 1410. The van der Waals surface area contributed by atoms with E-state index in [0.29, 0.717) is 19.0 Å². The summed E-state index contributed by atoms with van der Waals surface area (Å²) >= 11 is 1.77. The number of nitrogens with zero attached hydrogens (tertiary/aromatic N) is 5. The van der Waals surface area contributed by atoms with Crippen molar-refractivity contribution in [1.82, 2.24) is 14.9 Å². The second-order valence-corrected chi connectivity index (χ2v) is 10.4. The summed E-state index contributed by atoms with van der Waals surface area (Å²) in [4.78, 5) is 16.0. The van der Waals surface area contributed by atoms with Gasteiger partial charge in [0.25, 0.3) is 0 Å². The highest BCUT2D eigenvalue weighted by Gasteiger charge is 2.21. The smallest absolute Gasteiger partial charge is 0.162 e. The quantitative estimate of drug-likeness (QED) is 0.210. The molecule has 9 heteroatoms. The topological polar surface area (TPSA) is 89.1 Å². The summed E-state index contributed by atoms with van der Waals surface area (Å²) in [6, 6.07) is 16.5. The van der Waals surface area contributed by atoms with Crippen LogP contribution in [-0.2, 0) is 17.8 Å². The summed E-state index contributed by atoms with van der Waals surface area (Å²) in [5.74, 6) is 8.05. The van der Waals surface area contributed by atoms with Crippen molar-refractivity contribution in [2.75, 3.05) is 45.4 Å². The number of anilines is 1. The molecule has 0 amide bonds. The number of aryl methyl sites for hydroxylation is 1. The molecule has 1 aliphatic heterocycles. The number of morpholine rings is 1. The number of rotatable bonds is 8. The van der Waals surface area contributed by atoms with Crippen LogP contribution in [-0.4, -0.2) is 61.5 Å². The Labute approximate surface area is 221 Å². The van der Waals surface area contributed by atoms with Gasteiger partial charge in [0.1, 0.15) is 5.75 Å². The number of thiophene rings is 1. The molecule has 2 N–H and O–H groups in total. The molecule has 1 fully saturated rings. The number of ether oxygens (including phenoxy) is 2. The second-order valence-electron chi connectivity index (χ2n) is 9.24. The number of aromatic nitrogens is 2. The molecular formula is C28H32N6O2S. The van der Waals surface area contributed by atoms with E-state index in [1.807, 2.05) is 37.3 Å². The number of hydrazone groups is 1. The molecule has 1 saturated heterocycles. The number of nitrogens with two attached hydrogens (primary N) is 1. The van der Waals surface area contributed by atoms with E-state index in [1.165, 1.54) is 10.4 Å². The fraction of sp³-hybridized carbons (Fsp3) is 0.321. The Morgan fingerprint density at radius 1 is 1.14 bits per heavy atom. The molecule has 8 nitrogen and oxygen atoms in total. The predicted octanol–water partition coefficient (Wildman–Crippen LogP) is 4.44. The van der Waals surface area contributed by atoms with Crippen molar-refractivity contribution in [1.29, 1.82) is 0 Å². The molecule has 0 bridgehead atoms. The zero-order valence-electron chi connectivity index (χ0n) is 21.5. The maximum absolute atomic E-state index is 5.62. The van der Waals surface area contributed by atoms with Gasteiger partial charge in [-0.1, -0.05) is 30.3 Å². The maximum atomic E-state index is 5.62. The molecule has 0 radical (unpaired) electrons. The van der Waals surface area contributed by atoms with Crippen LogP contribution in [0.2, 0.25) is 0 Å². The predicted molar refractivity (Wildman–Crippen MR) is 151 cm³/mol. The van der Waals surface area contributed by atoms with Gasteiger partial charge in [0.15, 0.2) is 11.6 Å². The highest BCUT2D eigenvalue weighted by molar-refractivity contribution is 7.19. The summed E-state index contributed by atoms with van der Waals surface area (Å²) in [5.41, 5.74) is 5.11. The van der Waals surface area contributed by atoms with E-state index in [9.17, 15) is 0 Å². The van der Waals surface area contributed by atoms with Gasteiger partial charge in [-0.05, 0) is 43.3 Å². The minimum atomic E-state index is 0.682. The molecule has 2 aromatic heterocycles. The molecule has 3 heterocycles. The first-order valence-corrected chi connectivity index (χ1v) is 13.1. The molecule has 0 atom stereocenters. The van der Waals surface area contributed by atoms with Crippen LogP contribution < -0.4 is 15.5 Å². The van der Waals surface area contributed by atoms with Gasteiger partial charge in [-0.25, -0.2) is 9.97 Å². The van der Waals surface area contributed by atoms with Crippen LogP contribution >= 0.6 is 11.3 Å². The first-order chi connectivity index (χ1) is 18.1. The number of fused-ring (bicyclic) bond motifs is 1. The lowest BCUT2D eigenvalue weighted by Crippen LogP contribution is -2.36. The molecule has 1 aliphatic rings. The largest absolute Gasteiger partial charge is 0.497 e. The van der Waals surface area contributed by atoms with Crippen molar-refractivity contribution >= 4 is 33.6 Å². The lowest BCUT2D eigenvalue weighted by Gasteiger charge is -2.28. The molecule has 0 saturated carbocycles. The van der Waals surface area contributed by atoms with E-state index in [4.69, 9.17) is 25.3 Å². The Hall–Kier alpha value is -3.53. The molecule has 37 heavy (non-hydrogen) atoms. The van der Waals surface area contributed by atoms with Gasteiger partial charge in [-0.3, -0.25) is 4.90 Å². The van der Waals surface area contributed by atoms with Gasteiger partial charge >= 0.3 is 0 Å². The summed E-state index contributed by atoms with van der Waals surface area (Å²) in [6.07, 6.45) is 1.68. The lowest BCUT2D eigenvalue weighted by molar-refractivity contribution is 0.122. The Kier molecular flexibility index (Phi) is 7.64. The monoisotopic (exact) mass is 516 g/mol. The summed E-state index contributed by atoms with van der Waals surface area (Å²) in [7, 11) is 3.83. The summed E-state index contributed by atoms with van der Waals surface area (Å²) < 4.78 is 12.1. The fourth-order valence-electron chi connectivity index (χ4n) is 4.68. The number of benzene rings is 2. The van der Waals surface area contributed by atoms with E-state index < -0.39 is 0 Å². The van der Waals surface area contributed by atoms with Gasteiger partial charge in [0.05, 0.1) is 36.8 Å².